The Morgan fingerprint density at radius 1 is 1.00 bits per heavy atom. The van der Waals surface area contributed by atoms with E-state index >= 15 is 0 Å². The summed E-state index contributed by atoms with van der Waals surface area (Å²) in [4.78, 5) is 48.1. The van der Waals surface area contributed by atoms with Crippen molar-refractivity contribution >= 4 is 36.3 Å². The maximum Gasteiger partial charge on any atom is 0.328 e. The van der Waals surface area contributed by atoms with E-state index in [9.17, 15) is 29.4 Å². The average Bonchev–Trinajstić information content (AvgIpc) is 2.73. The molecule has 0 aliphatic heterocycles. The van der Waals surface area contributed by atoms with Crippen LogP contribution >= 0.6 is 12.6 Å². The van der Waals surface area contributed by atoms with Crippen molar-refractivity contribution < 1.29 is 34.5 Å². The molecule has 3 amide bonds. The summed E-state index contributed by atoms with van der Waals surface area (Å²) < 4.78 is 0. The smallest absolute Gasteiger partial charge is 0.328 e. The molecule has 1 aromatic rings. The number of aliphatic hydroxyl groups is 2. The van der Waals surface area contributed by atoms with Crippen molar-refractivity contribution in [3.8, 4) is 0 Å². The zero-order chi connectivity index (χ0) is 23.6. The number of nitrogens with one attached hydrogen (secondary N) is 3. The third kappa shape index (κ3) is 8.53. The summed E-state index contributed by atoms with van der Waals surface area (Å²) in [6.07, 6.45) is -1.17. The lowest BCUT2D eigenvalue weighted by molar-refractivity contribution is -0.145. The van der Waals surface area contributed by atoms with E-state index in [4.69, 9.17) is 10.8 Å². The second kappa shape index (κ2) is 12.9. The molecule has 0 spiro atoms. The van der Waals surface area contributed by atoms with Crippen LogP contribution in [-0.4, -0.2) is 81.6 Å². The summed E-state index contributed by atoms with van der Waals surface area (Å²) in [7, 11) is 0. The first-order valence-corrected chi connectivity index (χ1v) is 10.1. The summed E-state index contributed by atoms with van der Waals surface area (Å²) in [5.41, 5.74) is 6.72. The van der Waals surface area contributed by atoms with Crippen LogP contribution in [0.3, 0.4) is 0 Å². The Hall–Kier alpha value is -2.67. The molecule has 0 aromatic heterocycles. The monoisotopic (exact) mass is 456 g/mol. The van der Waals surface area contributed by atoms with Crippen molar-refractivity contribution in [1.29, 1.82) is 0 Å². The Morgan fingerprint density at radius 2 is 1.55 bits per heavy atom. The molecular weight excluding hydrogens is 428 g/mol. The van der Waals surface area contributed by atoms with Gasteiger partial charge in [-0.3, -0.25) is 14.4 Å². The minimum atomic E-state index is -1.63. The van der Waals surface area contributed by atoms with Gasteiger partial charge in [0.25, 0.3) is 0 Å². The minimum absolute atomic E-state index is 0.124. The number of thiol groups is 1. The third-order valence-corrected chi connectivity index (χ3v) is 4.68. The van der Waals surface area contributed by atoms with Crippen LogP contribution in [0.2, 0.25) is 0 Å². The van der Waals surface area contributed by atoms with Crippen LogP contribution in [0.15, 0.2) is 30.3 Å². The van der Waals surface area contributed by atoms with Crippen LogP contribution in [-0.2, 0) is 25.6 Å². The molecule has 0 saturated carbocycles. The number of aliphatic hydroxyl groups excluding tert-OH is 2. The Kier molecular flexibility index (Phi) is 11.0. The van der Waals surface area contributed by atoms with Crippen molar-refractivity contribution in [3.63, 3.8) is 0 Å². The fourth-order valence-corrected chi connectivity index (χ4v) is 2.80. The van der Waals surface area contributed by atoms with Gasteiger partial charge in [-0.25, -0.2) is 4.79 Å². The quantitative estimate of drug-likeness (QED) is 0.157. The molecule has 1 rings (SSSR count). The predicted molar refractivity (Wildman–Crippen MR) is 114 cm³/mol. The topological polar surface area (TPSA) is 191 Å². The van der Waals surface area contributed by atoms with Gasteiger partial charge in [0.05, 0.1) is 18.8 Å². The van der Waals surface area contributed by atoms with Crippen molar-refractivity contribution in [3.05, 3.63) is 35.9 Å². The van der Waals surface area contributed by atoms with Gasteiger partial charge >= 0.3 is 5.97 Å². The van der Waals surface area contributed by atoms with Crippen molar-refractivity contribution in [1.82, 2.24) is 16.0 Å². The Balaban J connectivity index is 2.71. The Labute approximate surface area is 184 Å². The SMILES string of the molecule is CC(O)C(NC(=O)C(CO)NC(=O)C(CS)NC(=O)C(N)Cc1ccccc1)C(=O)O. The number of rotatable bonds is 12. The molecule has 172 valence electrons. The minimum Gasteiger partial charge on any atom is -0.480 e. The van der Waals surface area contributed by atoms with Gasteiger partial charge < -0.3 is 37.0 Å². The molecule has 0 aliphatic carbocycles. The highest BCUT2D eigenvalue weighted by molar-refractivity contribution is 7.80. The molecule has 0 radical (unpaired) electrons. The highest BCUT2D eigenvalue weighted by Crippen LogP contribution is 2.03. The van der Waals surface area contributed by atoms with Gasteiger partial charge in [0.15, 0.2) is 6.04 Å². The number of carboxylic acid groups (broad SMARTS) is 1. The molecule has 0 aliphatic rings. The van der Waals surface area contributed by atoms with Gasteiger partial charge in [-0.1, -0.05) is 30.3 Å². The number of nitrogens with two attached hydrogens (primary N) is 1. The lowest BCUT2D eigenvalue weighted by Crippen LogP contribution is -2.59. The number of amides is 3. The molecule has 31 heavy (non-hydrogen) atoms. The molecule has 12 heteroatoms. The van der Waals surface area contributed by atoms with Crippen LogP contribution in [0.1, 0.15) is 12.5 Å². The van der Waals surface area contributed by atoms with E-state index in [1.165, 1.54) is 0 Å². The van der Waals surface area contributed by atoms with Crippen LogP contribution in [0.5, 0.6) is 0 Å². The average molecular weight is 457 g/mol. The second-order valence-electron chi connectivity index (χ2n) is 6.85. The number of carbonyl (C=O) groups is 4. The van der Waals surface area contributed by atoms with E-state index in [0.717, 1.165) is 12.5 Å². The summed E-state index contributed by atoms with van der Waals surface area (Å²) in [5, 5.41) is 34.5. The number of hydrogen-bond acceptors (Lipinski definition) is 8. The highest BCUT2D eigenvalue weighted by Gasteiger charge is 2.31. The van der Waals surface area contributed by atoms with Crippen LogP contribution in [0, 0.1) is 0 Å². The van der Waals surface area contributed by atoms with Crippen molar-refractivity contribution in [2.45, 2.75) is 43.6 Å². The summed E-state index contributed by atoms with van der Waals surface area (Å²) >= 11 is 4.02. The predicted octanol–water partition coefficient (Wildman–Crippen LogP) is -2.60. The molecular formula is C19H28N4O7S. The van der Waals surface area contributed by atoms with Gasteiger partial charge in [0.1, 0.15) is 12.1 Å². The molecule has 1 aromatic carbocycles. The first kappa shape index (κ1) is 26.4. The van der Waals surface area contributed by atoms with Crippen LogP contribution in [0.25, 0.3) is 0 Å². The first-order chi connectivity index (χ1) is 14.6. The first-order valence-electron chi connectivity index (χ1n) is 9.43. The summed E-state index contributed by atoms with van der Waals surface area (Å²) in [6.45, 7) is 0.321. The number of hydrogen-bond donors (Lipinski definition) is 8. The van der Waals surface area contributed by atoms with Gasteiger partial charge in [0, 0.05) is 5.75 Å². The van der Waals surface area contributed by atoms with Crippen LogP contribution < -0.4 is 21.7 Å². The molecule has 0 fully saturated rings. The lowest BCUT2D eigenvalue weighted by Gasteiger charge is -2.24. The standard InChI is InChI=1S/C19H28N4O7S/c1-10(25)15(19(29)30)23-17(27)13(8-24)21-18(28)14(9-31)22-16(26)12(20)7-11-5-3-2-4-6-11/h2-6,10,12-15,24-25,31H,7-9,20H2,1H3,(H,21,28)(H,22,26)(H,23,27)(H,29,30). The van der Waals surface area contributed by atoms with Gasteiger partial charge in [-0.2, -0.15) is 12.6 Å². The fourth-order valence-electron chi connectivity index (χ4n) is 2.54. The zero-order valence-corrected chi connectivity index (χ0v) is 17.8. The number of carbonyl (C=O) groups excluding carboxylic acids is 3. The fraction of sp³-hybridized carbons (Fsp3) is 0.474. The molecule has 11 nitrogen and oxygen atoms in total. The maximum atomic E-state index is 12.4. The van der Waals surface area contributed by atoms with E-state index in [0.29, 0.717) is 0 Å². The number of benzene rings is 1. The zero-order valence-electron chi connectivity index (χ0n) is 16.9. The van der Waals surface area contributed by atoms with Gasteiger partial charge in [-0.05, 0) is 18.9 Å². The van der Waals surface area contributed by atoms with Gasteiger partial charge in [-0.15, -0.1) is 0 Å². The van der Waals surface area contributed by atoms with Crippen molar-refractivity contribution in [2.75, 3.05) is 12.4 Å². The number of aliphatic carboxylic acids is 1. The molecule has 5 atom stereocenters. The summed E-state index contributed by atoms with van der Waals surface area (Å²) in [6, 6.07) is 3.80. The maximum absolute atomic E-state index is 12.4. The van der Waals surface area contributed by atoms with Crippen molar-refractivity contribution in [2.24, 2.45) is 5.73 Å². The number of carboxylic acids is 1. The molecule has 0 heterocycles. The third-order valence-electron chi connectivity index (χ3n) is 4.31. The molecule has 8 N–H and O–H groups in total. The Morgan fingerprint density at radius 3 is 2.03 bits per heavy atom. The second-order valence-corrected chi connectivity index (χ2v) is 7.21. The molecule has 5 unspecified atom stereocenters. The summed E-state index contributed by atoms with van der Waals surface area (Å²) in [5.74, 6) is -4.06. The normalized spacial score (nSPS) is 15.6. The Bertz CT molecular complexity index is 763. The van der Waals surface area contributed by atoms with Crippen LogP contribution in [0.4, 0.5) is 0 Å². The highest BCUT2D eigenvalue weighted by atomic mass is 32.1. The van der Waals surface area contributed by atoms with E-state index in [-0.39, 0.29) is 12.2 Å². The lowest BCUT2D eigenvalue weighted by atomic mass is 10.1. The van der Waals surface area contributed by atoms with E-state index < -0.39 is 60.6 Å². The van der Waals surface area contributed by atoms with E-state index in [1.807, 2.05) is 11.4 Å². The van der Waals surface area contributed by atoms with E-state index in [2.05, 4.69) is 23.3 Å². The molecule has 0 bridgehead atoms. The van der Waals surface area contributed by atoms with Gasteiger partial charge in [0.2, 0.25) is 17.7 Å². The van der Waals surface area contributed by atoms with E-state index in [1.54, 1.807) is 24.3 Å². The molecule has 0 saturated heterocycles. The largest absolute Gasteiger partial charge is 0.480 e.